The number of ether oxygens (including phenoxy) is 3. The SMILES string of the molecule is CC(=O)/C=C/c1cn(CC(=O)N(C)CCc2ccccc2)c2ccc(OCc3ccccc3)cc12.CC(=O)/C=C/c1nc(CSc2c(Cl)cccc2Cl)ccc1OCCc1ccccc1.CC(=O)c1cc2cc(OCc3ccccc3)ccc2n1CC(=O)N(C)CCc1ccccc1. The number of likely N-dealkylation sites (N-methyl/N-ethyl adjacent to an activating group) is 2. The van der Waals surface area contributed by atoms with Crippen molar-refractivity contribution in [1.82, 2.24) is 23.9 Å². The van der Waals surface area contributed by atoms with Gasteiger partial charge < -0.3 is 33.1 Å². The first-order valence-electron chi connectivity index (χ1n) is 32.3. The summed E-state index contributed by atoms with van der Waals surface area (Å²) < 4.78 is 21.6. The van der Waals surface area contributed by atoms with Crippen molar-refractivity contribution in [3.05, 3.63) is 303 Å². The number of fused-ring (bicyclic) bond motifs is 2. The number of amides is 2. The number of thioether (sulfide) groups is 1. The largest absolute Gasteiger partial charge is 0.491 e. The van der Waals surface area contributed by atoms with E-state index in [1.165, 1.54) is 55.3 Å². The van der Waals surface area contributed by atoms with Gasteiger partial charge in [0.05, 0.1) is 28.0 Å². The predicted molar refractivity (Wildman–Crippen MR) is 396 cm³/mol. The van der Waals surface area contributed by atoms with Crippen LogP contribution in [-0.2, 0) is 70.5 Å². The summed E-state index contributed by atoms with van der Waals surface area (Å²) in [6, 6.07) is 73.0. The smallest absolute Gasteiger partial charge is 0.242 e. The molecule has 16 heteroatoms. The highest BCUT2D eigenvalue weighted by Gasteiger charge is 2.20. The summed E-state index contributed by atoms with van der Waals surface area (Å²) in [5, 5.41) is 3.05. The molecule has 8 aromatic carbocycles. The van der Waals surface area contributed by atoms with Crippen LogP contribution in [0.25, 0.3) is 34.0 Å². The van der Waals surface area contributed by atoms with Crippen LogP contribution in [0, 0.1) is 0 Å². The Labute approximate surface area is 587 Å². The fraction of sp³-hybridized carbons (Fsp3) is 0.195. The molecule has 0 fully saturated rings. The number of pyridine rings is 1. The van der Waals surface area contributed by atoms with Crippen molar-refractivity contribution in [1.29, 1.82) is 0 Å². The van der Waals surface area contributed by atoms with Gasteiger partial charge in [-0.05, 0) is 146 Å². The van der Waals surface area contributed by atoms with Gasteiger partial charge >= 0.3 is 0 Å². The maximum atomic E-state index is 13.0. The van der Waals surface area contributed by atoms with Gasteiger partial charge in [-0.1, -0.05) is 181 Å². The van der Waals surface area contributed by atoms with Crippen molar-refractivity contribution in [3.8, 4) is 17.2 Å². The third-order valence-electron chi connectivity index (χ3n) is 15.9. The molecule has 0 saturated heterocycles. The molecule has 0 bridgehead atoms. The predicted octanol–water partition coefficient (Wildman–Crippen LogP) is 17.6. The minimum atomic E-state index is -0.0716. The second-order valence-electron chi connectivity index (χ2n) is 23.4. The number of Topliss-reactive ketones (excluding diaryl/α,β-unsaturated/α-hetero) is 1. The summed E-state index contributed by atoms with van der Waals surface area (Å²) in [6.07, 6.45) is 10.8. The lowest BCUT2D eigenvalue weighted by atomic mass is 10.1. The van der Waals surface area contributed by atoms with Crippen molar-refractivity contribution < 1.29 is 38.2 Å². The maximum Gasteiger partial charge on any atom is 0.242 e. The number of benzene rings is 8. The first kappa shape index (κ1) is 72.0. The van der Waals surface area contributed by atoms with Gasteiger partial charge in [-0.2, -0.15) is 0 Å². The van der Waals surface area contributed by atoms with Crippen LogP contribution in [0.2, 0.25) is 10.0 Å². The Morgan fingerprint density at radius 1 is 0.510 bits per heavy atom. The average molecular weight is 1370 g/mol. The van der Waals surface area contributed by atoms with Gasteiger partial charge in [0, 0.05) is 84.7 Å². The molecule has 0 aliphatic rings. The molecule has 0 aliphatic heterocycles. The van der Waals surface area contributed by atoms with Crippen LogP contribution in [0.15, 0.2) is 248 Å². The van der Waals surface area contributed by atoms with Crippen LogP contribution in [0.4, 0.5) is 0 Å². The van der Waals surface area contributed by atoms with Crippen molar-refractivity contribution in [2.45, 2.75) is 77.0 Å². The van der Waals surface area contributed by atoms with Crippen LogP contribution in [0.1, 0.15) is 76.0 Å². The Morgan fingerprint density at radius 2 is 1.00 bits per heavy atom. The quantitative estimate of drug-likeness (QED) is 0.0264. The maximum absolute atomic E-state index is 13.0. The Balaban J connectivity index is 0.000000173. The molecule has 13 nitrogen and oxygen atoms in total. The summed E-state index contributed by atoms with van der Waals surface area (Å²) in [4.78, 5) is 70.2. The highest BCUT2D eigenvalue weighted by Crippen LogP contribution is 2.36. The molecule has 0 N–H and O–H groups in total. The second-order valence-corrected chi connectivity index (χ2v) is 25.2. The van der Waals surface area contributed by atoms with Crippen molar-refractivity contribution in [3.63, 3.8) is 0 Å². The molecule has 0 unspecified atom stereocenters. The molecular weight excluding hydrogens is 1290 g/mol. The van der Waals surface area contributed by atoms with E-state index < -0.39 is 0 Å². The van der Waals surface area contributed by atoms with E-state index in [0.717, 1.165) is 79.8 Å². The van der Waals surface area contributed by atoms with E-state index in [-0.39, 0.29) is 42.3 Å². The van der Waals surface area contributed by atoms with Gasteiger partial charge in [0.1, 0.15) is 49.2 Å². The van der Waals surface area contributed by atoms with E-state index in [1.54, 1.807) is 39.6 Å². The van der Waals surface area contributed by atoms with Gasteiger partial charge in [0.2, 0.25) is 11.8 Å². The molecule has 0 radical (unpaired) electrons. The minimum absolute atomic E-state index is 0.0286. The minimum Gasteiger partial charge on any atom is -0.491 e. The normalized spacial score (nSPS) is 11.0. The lowest BCUT2D eigenvalue weighted by molar-refractivity contribution is -0.131. The van der Waals surface area contributed by atoms with Crippen molar-refractivity contribution >= 4 is 98.1 Å². The van der Waals surface area contributed by atoms with E-state index >= 15 is 0 Å². The number of aromatic nitrogens is 3. The van der Waals surface area contributed by atoms with E-state index in [9.17, 15) is 24.0 Å². The molecule has 11 aromatic rings. The molecule has 3 heterocycles. The number of carbonyl (C=O) groups is 5. The molecule has 0 spiro atoms. The fourth-order valence-corrected chi connectivity index (χ4v) is 12.1. The number of halogens is 2. The molecule has 2 amide bonds. The van der Waals surface area contributed by atoms with Crippen molar-refractivity contribution in [2.75, 3.05) is 33.8 Å². The Kier molecular flexibility index (Phi) is 27.0. The Hall–Kier alpha value is -10.3. The standard InChI is InChI=1S/C30H30N2O3.C28H28N2O3.C24H21Cl2NO2S/c1-23(33)13-14-26-20-32(21-30(34)31(2)18-17-24-9-5-3-6-10-24)29-16-15-27(19-28(26)29)35-22-25-11-7-4-8-12-25;1-21(31)27-18-24-17-25(33-20-23-11-7-4-8-12-23)13-14-26(24)30(27)19-28(32)29(2)16-15-22-9-5-3-6-10-22;1-17(28)10-12-22-23(29-15-14-18-6-3-2-4-7-18)13-11-19(27-22)16-30-24-20(25)8-5-9-21(24)26/h3-16,19-20H,17-18,21-22H2,1-2H3;3-14,17-18H,15-16,19-20H2,1-2H3;2-13H,14-16H2,1H3/b14-13+;;12-10+. The number of rotatable bonds is 28. The zero-order valence-electron chi connectivity index (χ0n) is 55.7. The van der Waals surface area contributed by atoms with Crippen LogP contribution in [-0.4, -0.2) is 86.9 Å². The van der Waals surface area contributed by atoms with E-state index in [0.29, 0.717) is 65.8 Å². The van der Waals surface area contributed by atoms with Gasteiger partial charge in [-0.15, -0.1) is 11.8 Å². The highest BCUT2D eigenvalue weighted by atomic mass is 35.5. The number of hydrogen-bond acceptors (Lipinski definition) is 10. The monoisotopic (exact) mass is 1360 g/mol. The van der Waals surface area contributed by atoms with Gasteiger partial charge in [0.15, 0.2) is 17.3 Å². The summed E-state index contributed by atoms with van der Waals surface area (Å²) in [5.41, 5.74) is 10.4. The third-order valence-corrected chi connectivity index (χ3v) is 17.9. The topological polar surface area (TPSA) is 142 Å². The first-order chi connectivity index (χ1) is 47.5. The Morgan fingerprint density at radius 3 is 1.53 bits per heavy atom. The summed E-state index contributed by atoms with van der Waals surface area (Å²) in [5.74, 6) is 2.56. The first-order valence-corrected chi connectivity index (χ1v) is 34.0. The lowest BCUT2D eigenvalue weighted by Crippen LogP contribution is -2.32. The average Bonchev–Trinajstić information content (AvgIpc) is 1.65. The molecule has 11 rings (SSSR count). The number of nitrogens with zero attached hydrogens (tertiary/aromatic N) is 5. The molecule has 0 saturated carbocycles. The molecule has 3 aromatic heterocycles. The highest BCUT2D eigenvalue weighted by molar-refractivity contribution is 7.98. The lowest BCUT2D eigenvalue weighted by Gasteiger charge is -2.19. The fourth-order valence-electron chi connectivity index (χ4n) is 10.5. The number of carbonyl (C=O) groups excluding carboxylic acids is 5. The summed E-state index contributed by atoms with van der Waals surface area (Å²) in [6.45, 7) is 7.63. The number of allylic oxidation sites excluding steroid dienone is 2. The van der Waals surface area contributed by atoms with Crippen molar-refractivity contribution in [2.24, 2.45) is 0 Å². The van der Waals surface area contributed by atoms with Crippen LogP contribution in [0.5, 0.6) is 17.2 Å². The van der Waals surface area contributed by atoms with Gasteiger partial charge in [-0.3, -0.25) is 24.0 Å². The molecule has 0 aliphatic carbocycles. The van der Waals surface area contributed by atoms with E-state index in [1.807, 2.05) is 206 Å². The summed E-state index contributed by atoms with van der Waals surface area (Å²) in [7, 11) is 3.64. The summed E-state index contributed by atoms with van der Waals surface area (Å²) >= 11 is 14.0. The van der Waals surface area contributed by atoms with Crippen LogP contribution in [0.3, 0.4) is 0 Å². The number of ketones is 3. The Bertz CT molecular complexity index is 4500. The van der Waals surface area contributed by atoms with Gasteiger partial charge in [-0.25, -0.2) is 4.98 Å². The van der Waals surface area contributed by atoms with E-state index in [2.05, 4.69) is 41.4 Å². The molecule has 0 atom stereocenters. The number of hydrogen-bond donors (Lipinski definition) is 0. The molecule has 98 heavy (non-hydrogen) atoms. The third kappa shape index (κ3) is 21.9. The molecule has 500 valence electrons. The van der Waals surface area contributed by atoms with E-state index in [4.69, 9.17) is 37.4 Å². The van der Waals surface area contributed by atoms with Crippen LogP contribution >= 0.6 is 35.0 Å². The van der Waals surface area contributed by atoms with Gasteiger partial charge in [0.25, 0.3) is 0 Å². The zero-order chi connectivity index (χ0) is 69.2. The second kappa shape index (κ2) is 36.7. The van der Waals surface area contributed by atoms with Crippen LogP contribution < -0.4 is 14.2 Å². The zero-order valence-corrected chi connectivity index (χ0v) is 58.0. The molecular formula is C82H79Cl2N5O8S.